The highest BCUT2D eigenvalue weighted by molar-refractivity contribution is 6.32. The molecule has 224 valence electrons. The first-order valence-electron chi connectivity index (χ1n) is 14.0. The van der Waals surface area contributed by atoms with Crippen LogP contribution in [-0.2, 0) is 32.1 Å². The maximum atomic E-state index is 14.1. The number of benzene rings is 1. The molecular formula is C30H42N4O7. The van der Waals surface area contributed by atoms with Crippen molar-refractivity contribution in [3.8, 4) is 5.75 Å². The minimum atomic E-state index is -2.73. The summed E-state index contributed by atoms with van der Waals surface area (Å²) in [5.41, 5.74) is 4.57. The number of Topliss-reactive ketones (excluding diaryl/α,β-unsaturated/α-hetero) is 4. The van der Waals surface area contributed by atoms with E-state index in [0.717, 1.165) is 12.1 Å². The van der Waals surface area contributed by atoms with Crippen molar-refractivity contribution < 1.29 is 34.2 Å². The molecule has 3 aliphatic rings. The summed E-state index contributed by atoms with van der Waals surface area (Å²) in [4.78, 5) is 70.3. The maximum Gasteiger partial charge on any atom is 0.235 e. The highest BCUT2D eigenvalue weighted by atomic mass is 16.3. The number of phenols is 1. The third-order valence-electron chi connectivity index (χ3n) is 8.97. The monoisotopic (exact) mass is 570 g/mol. The quantitative estimate of drug-likeness (QED) is 0.267. The van der Waals surface area contributed by atoms with Crippen molar-refractivity contribution in [1.29, 1.82) is 0 Å². The van der Waals surface area contributed by atoms with Crippen LogP contribution in [0.1, 0.15) is 55.1 Å². The second kappa shape index (κ2) is 10.6. The van der Waals surface area contributed by atoms with Crippen LogP contribution in [0.15, 0.2) is 6.07 Å². The number of hydrogen-bond donors (Lipinski definition) is 4. The van der Waals surface area contributed by atoms with Gasteiger partial charge in [0.1, 0.15) is 5.75 Å². The average Bonchev–Trinajstić information content (AvgIpc) is 2.83. The molecule has 11 nitrogen and oxygen atoms in total. The standard InChI is InChI=1S/C30H42N4O7/c1-29(2,3)8-9-32-13-15-12-18(33(4)5)16-10-14-11-17-22(34(6)7)25(37)21(28(31)40)27(39)30(17,41)26(38)19(14)24(36)20(16)23(15)35/h12,14,17,19,21-22,32,35,41H,8-11,13H2,1-7H3,(H2,31,40)/t14-,17-,19?,21?,22-,30-/m0/s1. The molecule has 0 bridgehead atoms. The molecule has 0 radical (unpaired) electrons. The molecule has 5 N–H and O–H groups in total. The summed E-state index contributed by atoms with van der Waals surface area (Å²) in [6.45, 7) is 7.37. The molecule has 1 amide bonds. The number of nitrogens with zero attached hydrogens (tertiary/aromatic N) is 2. The molecule has 0 heterocycles. The lowest BCUT2D eigenvalue weighted by molar-refractivity contribution is -0.181. The Labute approximate surface area is 240 Å². The molecule has 0 aliphatic heterocycles. The van der Waals surface area contributed by atoms with Gasteiger partial charge in [0.25, 0.3) is 0 Å². The van der Waals surface area contributed by atoms with E-state index in [1.54, 1.807) is 14.1 Å². The minimum Gasteiger partial charge on any atom is -0.507 e. The third-order valence-corrected chi connectivity index (χ3v) is 8.97. The SMILES string of the molecule is CN(C)c1cc(CNCCC(C)(C)C)c(O)c2c1C[C@H]1C[C@H]3[C@H](N(C)C)C(=O)C(C(N)=O)C(=O)[C@@]3(O)C(=O)C1C2=O. The minimum absolute atomic E-state index is 0.00965. The van der Waals surface area contributed by atoms with E-state index in [4.69, 9.17) is 5.73 Å². The number of anilines is 1. The summed E-state index contributed by atoms with van der Waals surface area (Å²) in [6, 6.07) is 0.709. The van der Waals surface area contributed by atoms with E-state index < -0.39 is 64.4 Å². The molecule has 1 aromatic rings. The van der Waals surface area contributed by atoms with Gasteiger partial charge in [-0.3, -0.25) is 28.9 Å². The van der Waals surface area contributed by atoms with Gasteiger partial charge in [-0.2, -0.15) is 0 Å². The summed E-state index contributed by atoms with van der Waals surface area (Å²) in [5, 5.41) is 26.4. The van der Waals surface area contributed by atoms with E-state index in [9.17, 15) is 34.2 Å². The number of phenolic OH excluding ortho intramolecular Hbond substituents is 1. The van der Waals surface area contributed by atoms with Gasteiger partial charge in [-0.25, -0.2) is 0 Å². The smallest absolute Gasteiger partial charge is 0.235 e. The Morgan fingerprint density at radius 1 is 1.12 bits per heavy atom. The number of aliphatic hydroxyl groups is 1. The van der Waals surface area contributed by atoms with E-state index in [1.807, 2.05) is 25.1 Å². The van der Waals surface area contributed by atoms with E-state index in [2.05, 4.69) is 26.1 Å². The summed E-state index contributed by atoms with van der Waals surface area (Å²) < 4.78 is 0. The number of nitrogens with one attached hydrogen (secondary N) is 1. The van der Waals surface area contributed by atoms with Crippen LogP contribution in [0.2, 0.25) is 0 Å². The third kappa shape index (κ3) is 4.97. The fourth-order valence-electron chi connectivity index (χ4n) is 6.93. The summed E-state index contributed by atoms with van der Waals surface area (Å²) in [5.74, 6) is -10.4. The largest absolute Gasteiger partial charge is 0.507 e. The predicted molar refractivity (Wildman–Crippen MR) is 151 cm³/mol. The number of carbonyl (C=O) groups is 5. The number of nitrogens with two attached hydrogens (primary N) is 1. The number of carbonyl (C=O) groups excluding carboxylic acids is 5. The number of amides is 1. The van der Waals surface area contributed by atoms with Gasteiger partial charge < -0.3 is 26.2 Å². The molecule has 41 heavy (non-hydrogen) atoms. The first-order chi connectivity index (χ1) is 18.9. The van der Waals surface area contributed by atoms with Crippen LogP contribution in [0, 0.1) is 29.1 Å². The van der Waals surface area contributed by atoms with Gasteiger partial charge in [0, 0.05) is 37.8 Å². The molecule has 1 aromatic carbocycles. The summed E-state index contributed by atoms with van der Waals surface area (Å²) in [7, 11) is 6.78. The summed E-state index contributed by atoms with van der Waals surface area (Å²) in [6.07, 6.45) is 1.14. The highest BCUT2D eigenvalue weighted by Gasteiger charge is 2.69. The Morgan fingerprint density at radius 3 is 2.29 bits per heavy atom. The molecule has 2 saturated carbocycles. The van der Waals surface area contributed by atoms with Crippen LogP contribution < -0.4 is 16.0 Å². The van der Waals surface area contributed by atoms with Gasteiger partial charge in [0.15, 0.2) is 34.7 Å². The molecule has 2 unspecified atom stereocenters. The van der Waals surface area contributed by atoms with E-state index >= 15 is 0 Å². The first-order valence-corrected chi connectivity index (χ1v) is 14.0. The Hall–Kier alpha value is -3.15. The van der Waals surface area contributed by atoms with Crippen LogP contribution in [0.25, 0.3) is 0 Å². The van der Waals surface area contributed by atoms with Crippen molar-refractivity contribution in [2.24, 2.45) is 34.8 Å². The molecule has 11 heteroatoms. The van der Waals surface area contributed by atoms with Crippen molar-refractivity contribution in [2.75, 3.05) is 39.6 Å². The van der Waals surface area contributed by atoms with Crippen molar-refractivity contribution in [1.82, 2.24) is 10.2 Å². The van der Waals surface area contributed by atoms with Crippen LogP contribution in [-0.4, -0.2) is 90.5 Å². The van der Waals surface area contributed by atoms with Gasteiger partial charge in [-0.1, -0.05) is 20.8 Å². The second-order valence-electron chi connectivity index (χ2n) is 13.4. The van der Waals surface area contributed by atoms with E-state index in [-0.39, 0.29) is 29.6 Å². The zero-order valence-corrected chi connectivity index (χ0v) is 24.9. The molecule has 4 rings (SSSR count). The van der Waals surface area contributed by atoms with Crippen LogP contribution in [0.5, 0.6) is 5.75 Å². The van der Waals surface area contributed by atoms with Gasteiger partial charge in [0.2, 0.25) is 5.91 Å². The van der Waals surface area contributed by atoms with Crippen LogP contribution in [0.4, 0.5) is 5.69 Å². The number of rotatable bonds is 7. The molecule has 6 atom stereocenters. The van der Waals surface area contributed by atoms with Gasteiger partial charge in [-0.15, -0.1) is 0 Å². The van der Waals surface area contributed by atoms with Gasteiger partial charge in [-0.05, 0) is 62.9 Å². The first kappa shape index (κ1) is 30.8. The molecule has 0 spiro atoms. The van der Waals surface area contributed by atoms with Crippen molar-refractivity contribution in [3.63, 3.8) is 0 Å². The Balaban J connectivity index is 1.79. The Bertz CT molecular complexity index is 1310. The zero-order valence-electron chi connectivity index (χ0n) is 24.9. The number of hydrogen-bond acceptors (Lipinski definition) is 10. The number of aromatic hydroxyl groups is 1. The molecule has 2 fully saturated rings. The average molecular weight is 571 g/mol. The van der Waals surface area contributed by atoms with Crippen molar-refractivity contribution in [3.05, 3.63) is 22.8 Å². The normalized spacial score (nSPS) is 29.7. The predicted octanol–water partition coefficient (Wildman–Crippen LogP) is 0.459. The fraction of sp³-hybridized carbons (Fsp3) is 0.633. The van der Waals surface area contributed by atoms with Crippen LogP contribution in [0.3, 0.4) is 0 Å². The maximum absolute atomic E-state index is 14.1. The lowest BCUT2D eigenvalue weighted by Gasteiger charge is -2.52. The van der Waals surface area contributed by atoms with E-state index in [0.29, 0.717) is 24.2 Å². The van der Waals surface area contributed by atoms with Crippen molar-refractivity contribution in [2.45, 2.75) is 58.2 Å². The molecule has 0 aromatic heterocycles. The molecular weight excluding hydrogens is 528 g/mol. The zero-order chi connectivity index (χ0) is 30.8. The van der Waals surface area contributed by atoms with Crippen molar-refractivity contribution >= 4 is 34.7 Å². The topological polar surface area (TPSA) is 170 Å². The number of ketones is 4. The lowest BCUT2D eigenvalue weighted by atomic mass is 9.52. The second-order valence-corrected chi connectivity index (χ2v) is 13.4. The number of primary amides is 1. The Morgan fingerprint density at radius 2 is 1.76 bits per heavy atom. The number of likely N-dealkylation sites (N-methyl/N-ethyl adjacent to an activating group) is 1. The van der Waals surface area contributed by atoms with Gasteiger partial charge in [0.05, 0.1) is 17.5 Å². The number of fused-ring (bicyclic) bond motifs is 3. The van der Waals surface area contributed by atoms with E-state index in [1.165, 1.54) is 4.90 Å². The van der Waals surface area contributed by atoms with Crippen LogP contribution >= 0.6 is 0 Å². The lowest BCUT2D eigenvalue weighted by Crippen LogP contribution is -2.74. The molecule has 3 aliphatic carbocycles. The Kier molecular flexibility index (Phi) is 7.96. The van der Waals surface area contributed by atoms with Gasteiger partial charge >= 0.3 is 0 Å². The molecule has 0 saturated heterocycles. The fourth-order valence-corrected chi connectivity index (χ4v) is 6.93. The highest BCUT2D eigenvalue weighted by Crippen LogP contribution is 2.52. The summed E-state index contributed by atoms with van der Waals surface area (Å²) >= 11 is 0.